The zero-order valence-corrected chi connectivity index (χ0v) is 23.6. The molecule has 0 bridgehead atoms. The number of amides is 2. The van der Waals surface area contributed by atoms with E-state index in [-0.39, 0.29) is 24.5 Å². The molecule has 1 heterocycles. The SMILES string of the molecule is CCOc1ccc(NC(=O)COc2ccc(/C=C3\SC(=S)N([C@H](C)c4ccccc4)C3=O)cc2OCC)cc1. The standard InChI is InChI=1S/C30H30N2O5S2/c1-4-35-24-14-12-23(13-15-24)31-28(33)19-37-25-16-11-21(17-26(25)36-5-2)18-27-29(34)32(30(38)39-27)20(3)22-9-7-6-8-10-22/h6-18,20H,4-5,19H2,1-3H3,(H,31,33)/b27-18-/t20-/m1/s1. The molecular weight excluding hydrogens is 532 g/mol. The summed E-state index contributed by atoms with van der Waals surface area (Å²) in [6.45, 7) is 6.54. The van der Waals surface area contributed by atoms with Crippen LogP contribution < -0.4 is 19.5 Å². The summed E-state index contributed by atoms with van der Waals surface area (Å²) in [5.74, 6) is 1.21. The molecule has 9 heteroatoms. The van der Waals surface area contributed by atoms with Crippen LogP contribution in [0, 0.1) is 0 Å². The summed E-state index contributed by atoms with van der Waals surface area (Å²) >= 11 is 6.82. The average Bonchev–Trinajstić information content (AvgIpc) is 3.21. The van der Waals surface area contributed by atoms with Crippen molar-refractivity contribution in [1.82, 2.24) is 4.90 Å². The van der Waals surface area contributed by atoms with Crippen LogP contribution in [-0.2, 0) is 9.59 Å². The fourth-order valence-corrected chi connectivity index (χ4v) is 5.41. The first-order valence-electron chi connectivity index (χ1n) is 12.6. The zero-order valence-electron chi connectivity index (χ0n) is 22.0. The lowest BCUT2D eigenvalue weighted by atomic mass is 10.1. The van der Waals surface area contributed by atoms with Gasteiger partial charge >= 0.3 is 0 Å². The highest BCUT2D eigenvalue weighted by Crippen LogP contribution is 2.39. The van der Waals surface area contributed by atoms with Crippen LogP contribution in [0.2, 0.25) is 0 Å². The number of nitrogens with zero attached hydrogens (tertiary/aromatic N) is 1. The Balaban J connectivity index is 1.43. The van der Waals surface area contributed by atoms with Crippen molar-refractivity contribution in [3.8, 4) is 17.2 Å². The molecule has 0 unspecified atom stereocenters. The third-order valence-corrected chi connectivity index (χ3v) is 7.20. The van der Waals surface area contributed by atoms with Crippen molar-refractivity contribution < 1.29 is 23.8 Å². The lowest BCUT2D eigenvalue weighted by Crippen LogP contribution is -2.30. The van der Waals surface area contributed by atoms with Gasteiger partial charge in [0.2, 0.25) is 0 Å². The zero-order chi connectivity index (χ0) is 27.8. The van der Waals surface area contributed by atoms with Gasteiger partial charge in [-0.1, -0.05) is 60.4 Å². The second-order valence-electron chi connectivity index (χ2n) is 8.57. The van der Waals surface area contributed by atoms with Crippen LogP contribution in [0.4, 0.5) is 5.69 Å². The summed E-state index contributed by atoms with van der Waals surface area (Å²) in [6, 6.07) is 22.1. The smallest absolute Gasteiger partial charge is 0.266 e. The maximum Gasteiger partial charge on any atom is 0.266 e. The summed E-state index contributed by atoms with van der Waals surface area (Å²) < 4.78 is 17.5. The first-order chi connectivity index (χ1) is 18.9. The van der Waals surface area contributed by atoms with Crippen molar-refractivity contribution in [2.24, 2.45) is 0 Å². The Kier molecular flexibility index (Phi) is 9.62. The number of ether oxygens (including phenoxy) is 3. The van der Waals surface area contributed by atoms with Gasteiger partial charge in [0.1, 0.15) is 10.1 Å². The van der Waals surface area contributed by atoms with Gasteiger partial charge in [-0.05, 0) is 74.4 Å². The predicted octanol–water partition coefficient (Wildman–Crippen LogP) is 6.46. The molecule has 39 heavy (non-hydrogen) atoms. The van der Waals surface area contributed by atoms with Gasteiger partial charge in [0.25, 0.3) is 11.8 Å². The van der Waals surface area contributed by atoms with Crippen LogP contribution in [0.1, 0.15) is 37.9 Å². The number of carbonyl (C=O) groups is 2. The van der Waals surface area contributed by atoms with Crippen molar-refractivity contribution in [2.75, 3.05) is 25.1 Å². The van der Waals surface area contributed by atoms with Crippen LogP contribution in [0.5, 0.6) is 17.2 Å². The van der Waals surface area contributed by atoms with Crippen molar-refractivity contribution >= 4 is 51.9 Å². The fourth-order valence-electron chi connectivity index (χ4n) is 3.99. The third-order valence-electron chi connectivity index (χ3n) is 5.87. The molecule has 7 nitrogen and oxygen atoms in total. The van der Waals surface area contributed by atoms with E-state index in [0.717, 1.165) is 16.9 Å². The molecule has 0 aromatic heterocycles. The van der Waals surface area contributed by atoms with E-state index in [4.69, 9.17) is 26.4 Å². The van der Waals surface area contributed by atoms with Gasteiger partial charge < -0.3 is 19.5 Å². The van der Waals surface area contributed by atoms with Gasteiger partial charge in [-0.2, -0.15) is 0 Å². The minimum absolute atomic E-state index is 0.134. The van der Waals surface area contributed by atoms with Crippen molar-refractivity contribution in [1.29, 1.82) is 0 Å². The van der Waals surface area contributed by atoms with E-state index in [0.29, 0.717) is 39.6 Å². The van der Waals surface area contributed by atoms with E-state index >= 15 is 0 Å². The van der Waals surface area contributed by atoms with Crippen LogP contribution in [0.3, 0.4) is 0 Å². The number of benzene rings is 3. The molecule has 0 aliphatic carbocycles. The number of anilines is 1. The summed E-state index contributed by atoms with van der Waals surface area (Å²) in [7, 11) is 0. The lowest BCUT2D eigenvalue weighted by molar-refractivity contribution is -0.123. The van der Waals surface area contributed by atoms with Crippen LogP contribution in [0.25, 0.3) is 6.08 Å². The van der Waals surface area contributed by atoms with Gasteiger partial charge in [-0.15, -0.1) is 0 Å². The molecule has 2 amide bonds. The Hall–Kier alpha value is -3.82. The molecule has 3 aromatic rings. The number of carbonyl (C=O) groups excluding carboxylic acids is 2. The lowest BCUT2D eigenvalue weighted by Gasteiger charge is -2.23. The minimum Gasteiger partial charge on any atom is -0.494 e. The third kappa shape index (κ3) is 7.19. The molecule has 0 saturated carbocycles. The van der Waals surface area contributed by atoms with Crippen LogP contribution >= 0.6 is 24.0 Å². The largest absolute Gasteiger partial charge is 0.494 e. The Labute approximate surface area is 238 Å². The Morgan fingerprint density at radius 2 is 1.69 bits per heavy atom. The molecule has 1 saturated heterocycles. The second-order valence-corrected chi connectivity index (χ2v) is 10.2. The van der Waals surface area contributed by atoms with E-state index < -0.39 is 0 Å². The van der Waals surface area contributed by atoms with Gasteiger partial charge in [0, 0.05) is 5.69 Å². The molecule has 1 aliphatic rings. The Morgan fingerprint density at radius 1 is 0.974 bits per heavy atom. The second kappa shape index (κ2) is 13.3. The molecule has 1 aliphatic heterocycles. The highest BCUT2D eigenvalue weighted by Gasteiger charge is 2.35. The maximum atomic E-state index is 13.2. The van der Waals surface area contributed by atoms with E-state index in [1.807, 2.05) is 57.2 Å². The molecule has 3 aromatic carbocycles. The predicted molar refractivity (Wildman–Crippen MR) is 159 cm³/mol. The van der Waals surface area contributed by atoms with Crippen molar-refractivity contribution in [3.05, 3.63) is 88.8 Å². The summed E-state index contributed by atoms with van der Waals surface area (Å²) in [6.07, 6.45) is 1.79. The molecular formula is C30H30N2O5S2. The Bertz CT molecular complexity index is 1360. The quantitative estimate of drug-likeness (QED) is 0.212. The van der Waals surface area contributed by atoms with Crippen LogP contribution in [-0.4, -0.2) is 40.9 Å². The maximum absolute atomic E-state index is 13.2. The molecule has 202 valence electrons. The number of thioether (sulfide) groups is 1. The average molecular weight is 563 g/mol. The van der Waals surface area contributed by atoms with Crippen molar-refractivity contribution in [3.63, 3.8) is 0 Å². The van der Waals surface area contributed by atoms with Gasteiger partial charge in [-0.25, -0.2) is 0 Å². The highest BCUT2D eigenvalue weighted by molar-refractivity contribution is 8.26. The molecule has 1 N–H and O–H groups in total. The van der Waals surface area contributed by atoms with E-state index in [2.05, 4.69) is 5.32 Å². The number of rotatable bonds is 11. The number of thiocarbonyl (C=S) groups is 1. The highest BCUT2D eigenvalue weighted by atomic mass is 32.2. The minimum atomic E-state index is -0.304. The first-order valence-corrected chi connectivity index (χ1v) is 13.9. The summed E-state index contributed by atoms with van der Waals surface area (Å²) in [5.41, 5.74) is 2.42. The van der Waals surface area contributed by atoms with Gasteiger partial charge in [0.15, 0.2) is 18.1 Å². The van der Waals surface area contributed by atoms with E-state index in [1.54, 1.807) is 47.4 Å². The monoisotopic (exact) mass is 562 g/mol. The molecule has 1 fully saturated rings. The van der Waals surface area contributed by atoms with Gasteiger partial charge in [-0.3, -0.25) is 14.5 Å². The first kappa shape index (κ1) is 28.2. The van der Waals surface area contributed by atoms with Crippen LogP contribution in [0.15, 0.2) is 77.7 Å². The fraction of sp³-hybridized carbons (Fsp3) is 0.233. The molecule has 1 atom stereocenters. The number of hydrogen-bond acceptors (Lipinski definition) is 7. The topological polar surface area (TPSA) is 77.1 Å². The van der Waals surface area contributed by atoms with E-state index in [9.17, 15) is 9.59 Å². The van der Waals surface area contributed by atoms with Gasteiger partial charge in [0.05, 0.1) is 24.2 Å². The summed E-state index contributed by atoms with van der Waals surface area (Å²) in [4.78, 5) is 27.9. The summed E-state index contributed by atoms with van der Waals surface area (Å²) in [5, 5.41) is 2.80. The van der Waals surface area contributed by atoms with E-state index in [1.165, 1.54) is 11.8 Å². The Morgan fingerprint density at radius 3 is 2.38 bits per heavy atom. The normalized spacial score (nSPS) is 14.8. The molecule has 4 rings (SSSR count). The van der Waals surface area contributed by atoms with Crippen molar-refractivity contribution in [2.45, 2.75) is 26.8 Å². The molecule has 0 spiro atoms. The molecule has 0 radical (unpaired) electrons. The number of hydrogen-bond donors (Lipinski definition) is 1. The number of nitrogens with one attached hydrogen (secondary N) is 1.